The van der Waals surface area contributed by atoms with Crippen LogP contribution in [-0.4, -0.2) is 91.4 Å². The molecular formula is C29H47N3O4S. The zero-order chi connectivity index (χ0) is 27.7. The average Bonchev–Trinajstić information content (AvgIpc) is 3.40. The second kappa shape index (κ2) is 11.5. The summed E-state index contributed by atoms with van der Waals surface area (Å²) in [6, 6.07) is -1.26. The van der Waals surface area contributed by atoms with Gasteiger partial charge in [0.25, 0.3) is 0 Å². The summed E-state index contributed by atoms with van der Waals surface area (Å²) < 4.78 is -1.10. The Bertz CT molecular complexity index is 908. The van der Waals surface area contributed by atoms with Gasteiger partial charge in [-0.2, -0.15) is 0 Å². The van der Waals surface area contributed by atoms with Gasteiger partial charge < -0.3 is 19.8 Å². The summed E-state index contributed by atoms with van der Waals surface area (Å²) in [6.07, 6.45) is 6.35. The second-order valence-corrected chi connectivity index (χ2v) is 13.8. The van der Waals surface area contributed by atoms with Crippen molar-refractivity contribution in [3.05, 3.63) is 25.3 Å². The maximum atomic E-state index is 14.4. The SMILES string of the molecule is C=CCN(CCC)C(=O)[C@@H]1[C@H]2C(=O)N([C@@H](CO)CC(C)C)C(C(=O)N(CC=C)C(C)C)C23CC[C@@]1(C)S3. The molecular weight excluding hydrogens is 486 g/mol. The van der Waals surface area contributed by atoms with Crippen molar-refractivity contribution >= 4 is 29.5 Å². The van der Waals surface area contributed by atoms with Crippen LogP contribution in [0.25, 0.3) is 0 Å². The van der Waals surface area contributed by atoms with Gasteiger partial charge in [0, 0.05) is 30.4 Å². The van der Waals surface area contributed by atoms with Crippen molar-refractivity contribution < 1.29 is 19.5 Å². The van der Waals surface area contributed by atoms with Gasteiger partial charge in [-0.3, -0.25) is 14.4 Å². The van der Waals surface area contributed by atoms with E-state index in [-0.39, 0.29) is 36.3 Å². The van der Waals surface area contributed by atoms with Gasteiger partial charge >= 0.3 is 0 Å². The van der Waals surface area contributed by atoms with Crippen molar-refractivity contribution in [3.8, 4) is 0 Å². The highest BCUT2D eigenvalue weighted by Gasteiger charge is 2.78. The first-order valence-corrected chi connectivity index (χ1v) is 14.7. The van der Waals surface area contributed by atoms with Gasteiger partial charge in [-0.05, 0) is 52.4 Å². The van der Waals surface area contributed by atoms with Crippen molar-refractivity contribution in [2.45, 2.75) is 94.8 Å². The number of amides is 3. The third-order valence-electron chi connectivity index (χ3n) is 8.45. The Morgan fingerprint density at radius 3 is 2.32 bits per heavy atom. The highest BCUT2D eigenvalue weighted by molar-refractivity contribution is 8.02. The molecule has 3 saturated heterocycles. The maximum Gasteiger partial charge on any atom is 0.247 e. The van der Waals surface area contributed by atoms with Crippen LogP contribution in [0.4, 0.5) is 0 Å². The third kappa shape index (κ3) is 5.00. The zero-order valence-corrected chi connectivity index (χ0v) is 24.4. The number of rotatable bonds is 13. The van der Waals surface area contributed by atoms with E-state index in [1.807, 2.05) is 25.7 Å². The number of thioether (sulfide) groups is 1. The third-order valence-corrected chi connectivity index (χ3v) is 10.4. The number of nitrogens with zero attached hydrogens (tertiary/aromatic N) is 3. The molecule has 0 aromatic heterocycles. The Labute approximate surface area is 227 Å². The fourth-order valence-corrected chi connectivity index (χ4v) is 9.33. The molecule has 8 heteroatoms. The lowest BCUT2D eigenvalue weighted by atomic mass is 9.66. The number of aliphatic hydroxyl groups excluding tert-OH is 1. The highest BCUT2D eigenvalue weighted by atomic mass is 32.2. The van der Waals surface area contributed by atoms with Crippen LogP contribution < -0.4 is 0 Å². The van der Waals surface area contributed by atoms with Gasteiger partial charge in [0.1, 0.15) is 6.04 Å². The van der Waals surface area contributed by atoms with Crippen molar-refractivity contribution in [3.63, 3.8) is 0 Å². The van der Waals surface area contributed by atoms with Crippen LogP contribution in [0.15, 0.2) is 25.3 Å². The van der Waals surface area contributed by atoms with Gasteiger partial charge in [-0.1, -0.05) is 32.9 Å². The molecule has 0 aromatic carbocycles. The van der Waals surface area contributed by atoms with E-state index >= 15 is 0 Å². The fraction of sp³-hybridized carbons (Fsp3) is 0.759. The van der Waals surface area contributed by atoms with Crippen LogP contribution in [0, 0.1) is 17.8 Å². The molecule has 3 amide bonds. The fourth-order valence-electron chi connectivity index (χ4n) is 7.00. The number of carbonyl (C=O) groups is 3. The van der Waals surface area contributed by atoms with E-state index in [1.165, 1.54) is 0 Å². The highest BCUT2D eigenvalue weighted by Crippen LogP contribution is 2.72. The Balaban J connectivity index is 2.16. The average molecular weight is 534 g/mol. The second-order valence-electron chi connectivity index (χ2n) is 11.9. The van der Waals surface area contributed by atoms with E-state index in [4.69, 9.17) is 0 Å². The predicted molar refractivity (Wildman–Crippen MR) is 150 cm³/mol. The first-order valence-electron chi connectivity index (χ1n) is 13.9. The molecule has 0 aromatic rings. The number of hydrogen-bond acceptors (Lipinski definition) is 5. The van der Waals surface area contributed by atoms with Gasteiger partial charge in [0.05, 0.1) is 29.2 Å². The lowest BCUT2D eigenvalue weighted by Crippen LogP contribution is -2.58. The molecule has 1 N–H and O–H groups in total. The van der Waals surface area contributed by atoms with Crippen LogP contribution in [0.2, 0.25) is 0 Å². The first-order chi connectivity index (χ1) is 17.4. The molecule has 3 heterocycles. The molecule has 2 bridgehead atoms. The minimum Gasteiger partial charge on any atom is -0.394 e. The number of likely N-dealkylation sites (tertiary alicyclic amines) is 1. The van der Waals surface area contributed by atoms with E-state index in [0.717, 1.165) is 12.8 Å². The Hall–Kier alpha value is -1.80. The van der Waals surface area contributed by atoms with Gasteiger partial charge in [0.15, 0.2) is 0 Å². The smallest absolute Gasteiger partial charge is 0.247 e. The quantitative estimate of drug-likeness (QED) is 0.365. The minimum absolute atomic E-state index is 0.0130. The summed E-state index contributed by atoms with van der Waals surface area (Å²) in [4.78, 5) is 48.2. The van der Waals surface area contributed by atoms with E-state index in [1.54, 1.807) is 33.7 Å². The summed E-state index contributed by atoms with van der Waals surface area (Å²) in [5, 5.41) is 10.5. The van der Waals surface area contributed by atoms with E-state index in [2.05, 4.69) is 33.9 Å². The number of fused-ring (bicyclic) bond motifs is 1. The standard InChI is InChI=1S/C29H47N3O4S/c1-9-14-30(15-10-2)25(34)22-23-26(35)32(21(18-33)17-19(4)5)24(27(36)31(16-11-3)20(6)7)29(23)13-12-28(22,8)37-29/h9,11,19-24,33H,1,3,10,12-18H2,2,4-8H3/t21-,22+,23+,24?,28-,29?/m1/s1. The van der Waals surface area contributed by atoms with E-state index < -0.39 is 33.4 Å². The number of carbonyl (C=O) groups excluding carboxylic acids is 3. The summed E-state index contributed by atoms with van der Waals surface area (Å²) in [7, 11) is 0. The monoisotopic (exact) mass is 533 g/mol. The molecule has 6 atom stereocenters. The van der Waals surface area contributed by atoms with Gasteiger partial charge in [0.2, 0.25) is 17.7 Å². The molecule has 7 nitrogen and oxygen atoms in total. The van der Waals surface area contributed by atoms with Gasteiger partial charge in [-0.25, -0.2) is 0 Å². The van der Waals surface area contributed by atoms with Crippen LogP contribution in [0.1, 0.15) is 67.2 Å². The lowest BCUT2D eigenvalue weighted by Gasteiger charge is -2.41. The lowest BCUT2D eigenvalue weighted by molar-refractivity contribution is -0.148. The van der Waals surface area contributed by atoms with Crippen LogP contribution in [0.3, 0.4) is 0 Å². The summed E-state index contributed by atoms with van der Waals surface area (Å²) in [5.74, 6) is -1.11. The summed E-state index contributed by atoms with van der Waals surface area (Å²) in [6.45, 7) is 21.1. The van der Waals surface area contributed by atoms with Crippen molar-refractivity contribution in [2.24, 2.45) is 17.8 Å². The van der Waals surface area contributed by atoms with Crippen LogP contribution >= 0.6 is 11.8 Å². The normalized spacial score (nSPS) is 31.1. The van der Waals surface area contributed by atoms with Crippen LogP contribution in [-0.2, 0) is 14.4 Å². The van der Waals surface area contributed by atoms with Crippen molar-refractivity contribution in [2.75, 3.05) is 26.2 Å². The molecule has 3 aliphatic rings. The molecule has 208 valence electrons. The molecule has 0 aliphatic carbocycles. The van der Waals surface area contributed by atoms with Crippen molar-refractivity contribution in [1.29, 1.82) is 0 Å². The molecule has 1 spiro atoms. The Morgan fingerprint density at radius 1 is 1.16 bits per heavy atom. The van der Waals surface area contributed by atoms with Crippen molar-refractivity contribution in [1.82, 2.24) is 14.7 Å². The molecule has 3 aliphatic heterocycles. The van der Waals surface area contributed by atoms with E-state index in [0.29, 0.717) is 32.5 Å². The minimum atomic E-state index is -0.716. The molecule has 2 unspecified atom stereocenters. The summed E-state index contributed by atoms with van der Waals surface area (Å²) in [5.41, 5.74) is 0. The largest absolute Gasteiger partial charge is 0.394 e. The molecule has 0 radical (unpaired) electrons. The molecule has 3 fully saturated rings. The molecule has 0 saturated carbocycles. The summed E-state index contributed by atoms with van der Waals surface area (Å²) >= 11 is 1.69. The molecule has 3 rings (SSSR count). The predicted octanol–water partition coefficient (Wildman–Crippen LogP) is 3.72. The first kappa shape index (κ1) is 29.8. The number of aliphatic hydroxyl groups is 1. The Kier molecular flexibility index (Phi) is 9.26. The molecule has 37 heavy (non-hydrogen) atoms. The Morgan fingerprint density at radius 2 is 1.81 bits per heavy atom. The topological polar surface area (TPSA) is 81.2 Å². The maximum absolute atomic E-state index is 14.4. The van der Waals surface area contributed by atoms with Gasteiger partial charge in [-0.15, -0.1) is 24.9 Å². The van der Waals surface area contributed by atoms with E-state index in [9.17, 15) is 19.5 Å². The number of hydrogen-bond donors (Lipinski definition) is 1. The zero-order valence-electron chi connectivity index (χ0n) is 23.6. The van der Waals surface area contributed by atoms with Crippen LogP contribution in [0.5, 0.6) is 0 Å².